The zero-order chi connectivity index (χ0) is 15.2. The summed E-state index contributed by atoms with van der Waals surface area (Å²) in [5.74, 6) is -0.206. The zero-order valence-electron chi connectivity index (χ0n) is 11.4. The Balaban J connectivity index is 2.17. The van der Waals surface area contributed by atoms with Crippen LogP contribution in [0, 0.1) is 0 Å². The van der Waals surface area contributed by atoms with Gasteiger partial charge in [-0.2, -0.15) is 4.74 Å². The lowest BCUT2D eigenvalue weighted by Gasteiger charge is -2.00. The van der Waals surface area contributed by atoms with Crippen molar-refractivity contribution in [3.8, 4) is 11.1 Å². The predicted octanol–water partition coefficient (Wildman–Crippen LogP) is 1.20. The number of carbonyl (C=O) groups is 1. The molecule has 110 valence electrons. The molecule has 7 heteroatoms. The van der Waals surface area contributed by atoms with E-state index in [1.165, 1.54) is 17.9 Å². The third-order valence-electron chi connectivity index (χ3n) is 2.85. The summed E-state index contributed by atoms with van der Waals surface area (Å²) in [7, 11) is 0. The third kappa shape index (κ3) is 3.82. The lowest BCUT2D eigenvalue weighted by molar-refractivity contribution is -0.119. The number of rotatable bonds is 5. The van der Waals surface area contributed by atoms with E-state index in [0.717, 1.165) is 11.1 Å². The Hall–Kier alpha value is -2.83. The molecule has 0 aliphatic carbocycles. The Kier molecular flexibility index (Phi) is 4.55. The number of nitrogens with zero attached hydrogens (tertiary/aromatic N) is 2. The Morgan fingerprint density at radius 1 is 1.43 bits per heavy atom. The molecule has 0 unspecified atom stereocenters. The summed E-state index contributed by atoms with van der Waals surface area (Å²) in [5.41, 5.74) is 1.63. The summed E-state index contributed by atoms with van der Waals surface area (Å²) in [6, 6.07) is 7.24. The smallest absolute Gasteiger partial charge is 0.365 e. The molecule has 0 aliphatic heterocycles. The molecule has 0 spiro atoms. The average molecular weight is 289 g/mol. The molecule has 1 amide bonds. The zero-order valence-corrected chi connectivity index (χ0v) is 11.4. The molecular formula is C14H15N3O4. The van der Waals surface area contributed by atoms with E-state index in [2.05, 4.69) is 10.5 Å². The highest BCUT2D eigenvalue weighted by molar-refractivity contribution is 5.72. The number of aromatic nitrogens is 1. The van der Waals surface area contributed by atoms with Crippen LogP contribution in [0.5, 0.6) is 0 Å². The standard InChI is InChI=1S/C14H15N3O4/c1-10(18)15-9-17-8-13(14(19)21-17)12-4-2-11(3-5-12)6-7-16-20/h2-5,7-8,20H,6,9H2,1H3,(H,15,18). The van der Waals surface area contributed by atoms with Crippen molar-refractivity contribution in [2.24, 2.45) is 5.16 Å². The molecule has 0 saturated carbocycles. The van der Waals surface area contributed by atoms with Gasteiger partial charge in [-0.25, -0.2) is 4.79 Å². The molecule has 7 nitrogen and oxygen atoms in total. The second-order valence-corrected chi connectivity index (χ2v) is 4.43. The average Bonchev–Trinajstić information content (AvgIpc) is 2.84. The minimum atomic E-state index is -0.468. The summed E-state index contributed by atoms with van der Waals surface area (Å²) in [5, 5.41) is 13.8. The first kappa shape index (κ1) is 14.6. The maximum Gasteiger partial charge on any atom is 0.365 e. The van der Waals surface area contributed by atoms with Crippen LogP contribution < -0.4 is 10.9 Å². The molecule has 1 heterocycles. The quantitative estimate of drug-likeness (QED) is 0.491. The fourth-order valence-electron chi connectivity index (χ4n) is 1.80. The summed E-state index contributed by atoms with van der Waals surface area (Å²) in [4.78, 5) is 22.6. The highest BCUT2D eigenvalue weighted by Crippen LogP contribution is 2.16. The molecule has 0 aliphatic rings. The molecule has 2 aromatic rings. The summed E-state index contributed by atoms with van der Waals surface area (Å²) < 4.78 is 6.28. The first-order valence-corrected chi connectivity index (χ1v) is 6.30. The Labute approximate surface area is 120 Å². The normalized spacial score (nSPS) is 10.9. The second kappa shape index (κ2) is 6.56. The second-order valence-electron chi connectivity index (χ2n) is 4.43. The van der Waals surface area contributed by atoms with Crippen molar-refractivity contribution in [2.45, 2.75) is 20.0 Å². The maximum absolute atomic E-state index is 11.8. The Bertz CT molecular complexity index is 698. The molecule has 21 heavy (non-hydrogen) atoms. The van der Waals surface area contributed by atoms with Crippen molar-refractivity contribution < 1.29 is 14.5 Å². The van der Waals surface area contributed by atoms with E-state index in [1.54, 1.807) is 18.3 Å². The number of carbonyl (C=O) groups excluding carboxylic acids is 1. The Morgan fingerprint density at radius 3 is 2.76 bits per heavy atom. The van der Waals surface area contributed by atoms with E-state index in [4.69, 9.17) is 9.73 Å². The highest BCUT2D eigenvalue weighted by atomic mass is 16.5. The van der Waals surface area contributed by atoms with Crippen molar-refractivity contribution in [3.63, 3.8) is 0 Å². The Morgan fingerprint density at radius 2 is 2.14 bits per heavy atom. The van der Waals surface area contributed by atoms with Gasteiger partial charge in [0.1, 0.15) is 6.67 Å². The van der Waals surface area contributed by atoms with Crippen molar-refractivity contribution >= 4 is 12.1 Å². The molecule has 0 saturated heterocycles. The van der Waals surface area contributed by atoms with Gasteiger partial charge in [0.25, 0.3) is 0 Å². The lowest BCUT2D eigenvalue weighted by Crippen LogP contribution is -2.22. The van der Waals surface area contributed by atoms with E-state index in [-0.39, 0.29) is 12.6 Å². The number of benzene rings is 1. The minimum absolute atomic E-state index is 0.107. The minimum Gasteiger partial charge on any atom is -0.411 e. The molecule has 0 atom stereocenters. The number of hydrogen-bond donors (Lipinski definition) is 2. The van der Waals surface area contributed by atoms with Crippen LogP contribution in [-0.4, -0.2) is 22.1 Å². The van der Waals surface area contributed by atoms with Crippen molar-refractivity contribution in [3.05, 3.63) is 46.4 Å². The number of oxime groups is 1. The van der Waals surface area contributed by atoms with Crippen LogP contribution >= 0.6 is 0 Å². The first-order valence-electron chi connectivity index (χ1n) is 6.30. The van der Waals surface area contributed by atoms with E-state index in [0.29, 0.717) is 12.0 Å². The van der Waals surface area contributed by atoms with Gasteiger partial charge in [-0.15, -0.1) is 5.16 Å². The van der Waals surface area contributed by atoms with Gasteiger partial charge >= 0.3 is 5.63 Å². The third-order valence-corrected chi connectivity index (χ3v) is 2.85. The highest BCUT2D eigenvalue weighted by Gasteiger charge is 2.09. The van der Waals surface area contributed by atoms with E-state index in [1.807, 2.05) is 12.1 Å². The van der Waals surface area contributed by atoms with Crippen LogP contribution in [0.15, 0.2) is 44.9 Å². The molecular weight excluding hydrogens is 274 g/mol. The van der Waals surface area contributed by atoms with Crippen LogP contribution in [-0.2, 0) is 17.9 Å². The molecule has 2 N–H and O–H groups in total. The van der Waals surface area contributed by atoms with Crippen LogP contribution in [0.25, 0.3) is 11.1 Å². The monoisotopic (exact) mass is 289 g/mol. The van der Waals surface area contributed by atoms with E-state index >= 15 is 0 Å². The van der Waals surface area contributed by atoms with Gasteiger partial charge < -0.3 is 15.0 Å². The number of nitrogens with one attached hydrogen (secondary N) is 1. The van der Waals surface area contributed by atoms with Crippen molar-refractivity contribution in [1.29, 1.82) is 0 Å². The number of hydrogen-bond acceptors (Lipinski definition) is 5. The van der Waals surface area contributed by atoms with Gasteiger partial charge in [0.2, 0.25) is 5.91 Å². The topological polar surface area (TPSA) is 96.8 Å². The van der Waals surface area contributed by atoms with Crippen LogP contribution in [0.1, 0.15) is 12.5 Å². The largest absolute Gasteiger partial charge is 0.411 e. The van der Waals surface area contributed by atoms with Gasteiger partial charge in [0.15, 0.2) is 0 Å². The summed E-state index contributed by atoms with van der Waals surface area (Å²) in [6.07, 6.45) is 3.44. The van der Waals surface area contributed by atoms with Crippen LogP contribution in [0.4, 0.5) is 0 Å². The van der Waals surface area contributed by atoms with Gasteiger partial charge in [0, 0.05) is 19.6 Å². The molecule has 1 aromatic carbocycles. The van der Waals surface area contributed by atoms with E-state index < -0.39 is 5.63 Å². The predicted molar refractivity (Wildman–Crippen MR) is 76.2 cm³/mol. The lowest BCUT2D eigenvalue weighted by atomic mass is 10.1. The summed E-state index contributed by atoms with van der Waals surface area (Å²) in [6.45, 7) is 1.49. The molecule has 0 bridgehead atoms. The van der Waals surface area contributed by atoms with Crippen molar-refractivity contribution in [2.75, 3.05) is 0 Å². The first-order chi connectivity index (χ1) is 10.1. The van der Waals surface area contributed by atoms with Crippen LogP contribution in [0.2, 0.25) is 0 Å². The van der Waals surface area contributed by atoms with Crippen molar-refractivity contribution in [1.82, 2.24) is 10.1 Å². The van der Waals surface area contributed by atoms with E-state index in [9.17, 15) is 9.59 Å². The fraction of sp³-hybridized carbons (Fsp3) is 0.214. The van der Waals surface area contributed by atoms with Crippen LogP contribution in [0.3, 0.4) is 0 Å². The molecule has 2 rings (SSSR count). The van der Waals surface area contributed by atoms with Gasteiger partial charge in [-0.1, -0.05) is 24.3 Å². The van der Waals surface area contributed by atoms with Gasteiger partial charge in [-0.05, 0) is 11.1 Å². The fourth-order valence-corrected chi connectivity index (χ4v) is 1.80. The van der Waals surface area contributed by atoms with Gasteiger partial charge in [-0.3, -0.25) is 4.79 Å². The molecule has 1 aromatic heterocycles. The molecule has 0 radical (unpaired) electrons. The summed E-state index contributed by atoms with van der Waals surface area (Å²) >= 11 is 0. The maximum atomic E-state index is 11.8. The molecule has 0 fully saturated rings. The SMILES string of the molecule is CC(=O)NCn1cc(-c2ccc(CC=NO)cc2)c(=O)o1. The number of amides is 1. The van der Waals surface area contributed by atoms with Gasteiger partial charge in [0.05, 0.1) is 11.8 Å².